The van der Waals surface area contributed by atoms with Crippen molar-refractivity contribution < 1.29 is 72.7 Å². The van der Waals surface area contributed by atoms with Crippen LogP contribution in [0.15, 0.2) is 24.3 Å². The minimum Gasteiger partial charge on any atom is -0.508 e. The summed E-state index contributed by atoms with van der Waals surface area (Å²) in [5.74, 6) is -11.3. The number of ketones is 1. The number of phenolic OH excluding ortho intramolecular Hbond substituents is 1. The summed E-state index contributed by atoms with van der Waals surface area (Å²) in [6.07, 6.45) is -5.57. The van der Waals surface area contributed by atoms with Gasteiger partial charge in [-0.2, -0.15) is 0 Å². The van der Waals surface area contributed by atoms with Crippen molar-refractivity contribution in [2.75, 3.05) is 20.1 Å². The minimum absolute atomic E-state index is 0.0611. The van der Waals surface area contributed by atoms with E-state index in [1.807, 2.05) is 27.7 Å². The number of aromatic hydroxyl groups is 1. The molecule has 7 N–H and O–H groups in total. The Labute approximate surface area is 446 Å². The van der Waals surface area contributed by atoms with Gasteiger partial charge in [-0.15, -0.1) is 0 Å². The number of hydrogen-bond acceptors (Lipinski definition) is 15. The molecule has 12 atom stereocenters. The topological polar surface area (TPSA) is 308 Å². The van der Waals surface area contributed by atoms with Crippen LogP contribution < -0.4 is 21.3 Å². The number of nitrogens with one attached hydrogen (secondary N) is 4. The second kappa shape index (κ2) is 27.8. The van der Waals surface area contributed by atoms with Crippen LogP contribution in [-0.4, -0.2) is 176 Å². The fourth-order valence-corrected chi connectivity index (χ4v) is 9.95. The van der Waals surface area contributed by atoms with E-state index in [0.717, 1.165) is 0 Å². The molecule has 22 heteroatoms. The number of likely N-dealkylation sites (N-methyl/N-ethyl adjacent to an activating group) is 1. The summed E-state index contributed by atoms with van der Waals surface area (Å²) in [4.78, 5) is 145. The number of benzene rings is 1. The molecule has 0 aromatic heterocycles. The first-order valence-electron chi connectivity index (χ1n) is 26.7. The molecule has 0 saturated carbocycles. The standard InChI is InChI=1S/C54H83N7O15/c1-27(2)23-36-52(72)60-21-13-15-38(60)48(68)56-37(25-34-17-19-35(63)20-18-34)54(74)75-33(11)44(58-49(69)40(24-28(3)4)59(12)53(73)39-16-14-22-61(39)51(71)32(10)62)50(70)57-43(29(5)6)41(64)26-42(65)76-46(30(7)8)45(66)31(9)47(67)55-36/h17-20,27-33,36-41,43-44,46,62-64H,13-16,21-26H2,1-12H3,(H,55,67)(H,56,68)(H,57,70)(H,58,69)/t31-,32-,33+,36-,37-,38-,39-,40+,41-,43+,44-,46-/m0/s1. The molecule has 1 aromatic carbocycles. The number of rotatable bonds is 13. The van der Waals surface area contributed by atoms with E-state index in [0.29, 0.717) is 18.4 Å². The number of carbonyl (C=O) groups excluding carboxylic acids is 10. The highest BCUT2D eigenvalue weighted by molar-refractivity contribution is 6.05. The Hall–Kier alpha value is -6.16. The molecule has 0 spiro atoms. The number of cyclic esters (lactones) is 2. The maximum atomic E-state index is 14.8. The van der Waals surface area contributed by atoms with E-state index in [-0.39, 0.29) is 62.8 Å². The molecular formula is C54H83N7O15. The number of phenols is 1. The molecule has 3 aliphatic rings. The molecule has 76 heavy (non-hydrogen) atoms. The zero-order valence-corrected chi connectivity index (χ0v) is 46.2. The Morgan fingerprint density at radius 1 is 0.789 bits per heavy atom. The zero-order chi connectivity index (χ0) is 57.0. The summed E-state index contributed by atoms with van der Waals surface area (Å²) in [6, 6.07) is -3.32. The molecule has 0 bridgehead atoms. The molecule has 3 heterocycles. The van der Waals surface area contributed by atoms with Crippen LogP contribution in [0.2, 0.25) is 0 Å². The lowest BCUT2D eigenvalue weighted by Gasteiger charge is -2.35. The number of aliphatic hydroxyl groups excluding tert-OH is 2. The van der Waals surface area contributed by atoms with Crippen LogP contribution in [-0.2, 0) is 63.8 Å². The van der Waals surface area contributed by atoms with E-state index in [9.17, 15) is 63.3 Å². The van der Waals surface area contributed by atoms with Gasteiger partial charge in [-0.3, -0.25) is 43.2 Å². The third-order valence-corrected chi connectivity index (χ3v) is 14.3. The van der Waals surface area contributed by atoms with Gasteiger partial charge in [0.05, 0.1) is 24.5 Å². The number of esters is 2. The van der Waals surface area contributed by atoms with Crippen LogP contribution in [0, 0.1) is 29.6 Å². The summed E-state index contributed by atoms with van der Waals surface area (Å²) in [5.41, 5.74) is 0.461. The fraction of sp³-hybridized carbons (Fsp3) is 0.704. The van der Waals surface area contributed by atoms with Crippen molar-refractivity contribution in [3.63, 3.8) is 0 Å². The van der Waals surface area contributed by atoms with Crippen LogP contribution in [0.4, 0.5) is 0 Å². The van der Waals surface area contributed by atoms with Gasteiger partial charge >= 0.3 is 11.9 Å². The Morgan fingerprint density at radius 2 is 1.41 bits per heavy atom. The second-order valence-electron chi connectivity index (χ2n) is 22.2. The molecule has 4 rings (SSSR count). The van der Waals surface area contributed by atoms with E-state index in [4.69, 9.17) is 9.47 Å². The molecular weight excluding hydrogens is 987 g/mol. The SMILES string of the molecule is CC(C)C[C@@H]1NC(=O)[C@@H](C)C(=O)[C@H](C(C)C)OC(=O)C[C@H](O)[C@@H](C(C)C)NC(=O)[C@@H](NC(=O)[C@@H](CC(C)C)N(C)C(=O)[C@@H]2CCCN2C(=O)[C@H](C)O)[C@@H](C)OC(=O)[C@H](Cc2ccc(O)cc2)NC(=O)[C@@H]2CCCN2C1=O. The normalized spacial score (nSPS) is 27.8. The van der Waals surface area contributed by atoms with E-state index < -0.39 is 150 Å². The predicted octanol–water partition coefficient (Wildman–Crippen LogP) is 1.28. The molecule has 0 aliphatic carbocycles. The first kappa shape index (κ1) is 62.4. The number of nitrogens with zero attached hydrogens (tertiary/aromatic N) is 3. The molecule has 0 radical (unpaired) electrons. The molecule has 0 unspecified atom stereocenters. The van der Waals surface area contributed by atoms with Gasteiger partial charge in [0.25, 0.3) is 5.91 Å². The number of likely N-dealkylation sites (tertiary alicyclic amines) is 1. The minimum atomic E-state index is -1.78. The number of hydrogen-bond donors (Lipinski definition) is 7. The number of fused-ring (bicyclic) bond motifs is 1. The molecule has 3 saturated heterocycles. The number of amides is 7. The average molecular weight is 1070 g/mol. The van der Waals surface area contributed by atoms with Crippen LogP contribution in [0.25, 0.3) is 0 Å². The Kier molecular flexibility index (Phi) is 22.8. The van der Waals surface area contributed by atoms with Crippen molar-refractivity contribution in [1.29, 1.82) is 0 Å². The van der Waals surface area contributed by atoms with Crippen LogP contribution >= 0.6 is 0 Å². The highest BCUT2D eigenvalue weighted by atomic mass is 16.6. The van der Waals surface area contributed by atoms with E-state index >= 15 is 0 Å². The van der Waals surface area contributed by atoms with Gasteiger partial charge in [0.1, 0.15) is 54.2 Å². The Balaban J connectivity index is 1.83. The summed E-state index contributed by atoms with van der Waals surface area (Å²) in [6.45, 7) is 18.0. The van der Waals surface area contributed by atoms with Crippen LogP contribution in [0.3, 0.4) is 0 Å². The number of carbonyl (C=O) groups is 10. The van der Waals surface area contributed by atoms with Gasteiger partial charge in [-0.05, 0) is 101 Å². The third kappa shape index (κ3) is 16.4. The second-order valence-corrected chi connectivity index (χ2v) is 22.2. The van der Waals surface area contributed by atoms with Crippen molar-refractivity contribution in [2.24, 2.45) is 29.6 Å². The van der Waals surface area contributed by atoms with E-state index in [1.165, 1.54) is 66.8 Å². The third-order valence-electron chi connectivity index (χ3n) is 14.3. The van der Waals surface area contributed by atoms with Crippen molar-refractivity contribution >= 4 is 59.1 Å². The summed E-state index contributed by atoms with van der Waals surface area (Å²) in [5, 5.41) is 42.6. The van der Waals surface area contributed by atoms with Gasteiger partial charge in [-0.25, -0.2) is 4.79 Å². The summed E-state index contributed by atoms with van der Waals surface area (Å²) >= 11 is 0. The molecule has 22 nitrogen and oxygen atoms in total. The van der Waals surface area contributed by atoms with Crippen LogP contribution in [0.1, 0.15) is 127 Å². The molecule has 424 valence electrons. The first-order chi connectivity index (χ1) is 35.5. The van der Waals surface area contributed by atoms with Gasteiger partial charge in [0, 0.05) is 26.6 Å². The first-order valence-corrected chi connectivity index (χ1v) is 26.7. The Bertz CT molecular complexity index is 2250. The Morgan fingerprint density at radius 3 is 1.99 bits per heavy atom. The molecule has 1 aromatic rings. The largest absolute Gasteiger partial charge is 0.508 e. The molecule has 3 aliphatic heterocycles. The maximum Gasteiger partial charge on any atom is 0.329 e. The smallest absolute Gasteiger partial charge is 0.329 e. The van der Waals surface area contributed by atoms with E-state index in [2.05, 4.69) is 21.3 Å². The number of Topliss-reactive ketones (excluding diaryl/α,β-unsaturated/α-hetero) is 1. The van der Waals surface area contributed by atoms with Gasteiger partial charge in [0.2, 0.25) is 35.4 Å². The maximum absolute atomic E-state index is 14.8. The monoisotopic (exact) mass is 1070 g/mol. The fourth-order valence-electron chi connectivity index (χ4n) is 9.95. The lowest BCUT2D eigenvalue weighted by atomic mass is 9.92. The lowest BCUT2D eigenvalue weighted by molar-refractivity contribution is -0.162. The average Bonchev–Trinajstić information content (AvgIpc) is 4.05. The summed E-state index contributed by atoms with van der Waals surface area (Å²) in [7, 11) is 1.39. The predicted molar refractivity (Wildman–Crippen MR) is 276 cm³/mol. The van der Waals surface area contributed by atoms with Gasteiger partial charge in [0.15, 0.2) is 11.9 Å². The molecule has 3 fully saturated rings. The number of aliphatic hydroxyl groups is 2. The quantitative estimate of drug-likeness (QED) is 0.108. The van der Waals surface area contributed by atoms with E-state index in [1.54, 1.807) is 27.7 Å². The van der Waals surface area contributed by atoms with Crippen molar-refractivity contribution in [3.8, 4) is 5.75 Å². The highest BCUT2D eigenvalue weighted by Crippen LogP contribution is 2.26. The lowest BCUT2D eigenvalue weighted by Crippen LogP contribution is -2.62. The zero-order valence-electron chi connectivity index (χ0n) is 46.2. The number of ether oxygens (including phenoxy) is 2. The highest BCUT2D eigenvalue weighted by Gasteiger charge is 2.45. The van der Waals surface area contributed by atoms with Gasteiger partial charge in [-0.1, -0.05) is 67.5 Å². The van der Waals surface area contributed by atoms with Crippen molar-refractivity contribution in [2.45, 2.75) is 194 Å². The van der Waals surface area contributed by atoms with Crippen molar-refractivity contribution in [3.05, 3.63) is 29.8 Å². The van der Waals surface area contributed by atoms with Crippen LogP contribution in [0.5, 0.6) is 5.75 Å². The summed E-state index contributed by atoms with van der Waals surface area (Å²) < 4.78 is 11.7. The van der Waals surface area contributed by atoms with Gasteiger partial charge < -0.3 is 60.8 Å². The van der Waals surface area contributed by atoms with Crippen molar-refractivity contribution in [1.82, 2.24) is 36.0 Å². The molecule has 7 amide bonds.